The van der Waals surface area contributed by atoms with Crippen LogP contribution in [0.1, 0.15) is 16.9 Å². The van der Waals surface area contributed by atoms with Gasteiger partial charge in [-0.3, -0.25) is 14.7 Å². The van der Waals surface area contributed by atoms with Crippen molar-refractivity contribution in [2.75, 3.05) is 30.8 Å². The highest BCUT2D eigenvalue weighted by Crippen LogP contribution is 2.24. The van der Waals surface area contributed by atoms with Gasteiger partial charge in [0.15, 0.2) is 0 Å². The average molecular weight is 516 g/mol. The van der Waals surface area contributed by atoms with Gasteiger partial charge in [-0.15, -0.1) is 0 Å². The number of carboxylic acids is 1. The van der Waals surface area contributed by atoms with Crippen LogP contribution in [0.5, 0.6) is 0 Å². The minimum absolute atomic E-state index is 0.0813. The van der Waals surface area contributed by atoms with E-state index in [1.165, 1.54) is 36.5 Å². The molecule has 0 spiro atoms. The van der Waals surface area contributed by atoms with Crippen molar-refractivity contribution in [1.82, 2.24) is 14.5 Å². The van der Waals surface area contributed by atoms with E-state index < -0.39 is 17.3 Å². The first kappa shape index (κ1) is 25.1. The molecule has 1 aliphatic rings. The second kappa shape index (κ2) is 10.8. The van der Waals surface area contributed by atoms with E-state index in [1.807, 2.05) is 0 Å². The zero-order valence-electron chi connectivity index (χ0n) is 19.1. The smallest absolute Gasteiger partial charge is 0.352 e. The number of ether oxygens (including phenoxy) is 1. The molecule has 2 atom stereocenters. The third-order valence-corrected chi connectivity index (χ3v) is 6.07. The molecule has 3 aromatic rings. The Balaban J connectivity index is 1.48. The van der Waals surface area contributed by atoms with Crippen molar-refractivity contribution in [3.8, 4) is 5.69 Å². The zero-order valence-corrected chi connectivity index (χ0v) is 19.9. The standard InChI is InChI=1S/C24H23ClFN5O5/c1-36-17-9-16(30(13-17)24(35)29-21-8-5-14(25)11-28-21)12-27-19-7-6-15(10-18(19)26)31-20(23(33)34)3-2-4-22(31)32/h2-8,10-11,16-17,27H,9,12-13H2,1H3,(H,33,34)(H,28,29,35). The number of hydrogen-bond donors (Lipinski definition) is 3. The Kier molecular flexibility index (Phi) is 7.51. The summed E-state index contributed by atoms with van der Waals surface area (Å²) in [5.41, 5.74) is -0.655. The summed E-state index contributed by atoms with van der Waals surface area (Å²) in [6, 6.07) is 10.2. The Morgan fingerprint density at radius 3 is 2.72 bits per heavy atom. The molecule has 1 saturated heterocycles. The number of anilines is 2. The number of hydrogen-bond acceptors (Lipinski definition) is 6. The molecule has 0 radical (unpaired) electrons. The van der Waals surface area contributed by atoms with Gasteiger partial charge in [0.05, 0.1) is 28.5 Å². The lowest BCUT2D eigenvalue weighted by molar-refractivity contribution is 0.0686. The second-order valence-corrected chi connectivity index (χ2v) is 8.56. The second-order valence-electron chi connectivity index (χ2n) is 8.13. The molecule has 12 heteroatoms. The maximum absolute atomic E-state index is 14.9. The number of carbonyl (C=O) groups is 2. The van der Waals surface area contributed by atoms with E-state index in [1.54, 1.807) is 24.1 Å². The molecule has 0 saturated carbocycles. The fraction of sp³-hybridized carbons (Fsp3) is 0.250. The Labute approximate surface area is 210 Å². The first-order valence-corrected chi connectivity index (χ1v) is 11.4. The lowest BCUT2D eigenvalue weighted by Crippen LogP contribution is -2.42. The number of carboxylic acid groups (broad SMARTS) is 1. The lowest BCUT2D eigenvalue weighted by atomic mass is 10.2. The highest BCUT2D eigenvalue weighted by Gasteiger charge is 2.35. The van der Waals surface area contributed by atoms with E-state index in [4.69, 9.17) is 16.3 Å². The first-order valence-electron chi connectivity index (χ1n) is 11.0. The summed E-state index contributed by atoms with van der Waals surface area (Å²) in [6.45, 7) is 0.571. The maximum Gasteiger partial charge on any atom is 0.352 e. The summed E-state index contributed by atoms with van der Waals surface area (Å²) < 4.78 is 21.3. The van der Waals surface area contributed by atoms with Gasteiger partial charge in [0.1, 0.15) is 17.3 Å². The number of urea groups is 1. The van der Waals surface area contributed by atoms with Crippen molar-refractivity contribution in [2.24, 2.45) is 0 Å². The number of aromatic carboxylic acids is 1. The Hall–Kier alpha value is -3.96. The highest BCUT2D eigenvalue weighted by atomic mass is 35.5. The zero-order chi connectivity index (χ0) is 25.8. The van der Waals surface area contributed by atoms with Crippen molar-refractivity contribution in [2.45, 2.75) is 18.6 Å². The summed E-state index contributed by atoms with van der Waals surface area (Å²) in [7, 11) is 1.56. The summed E-state index contributed by atoms with van der Waals surface area (Å²) in [4.78, 5) is 42.3. The minimum Gasteiger partial charge on any atom is -0.477 e. The molecule has 0 bridgehead atoms. The predicted octanol–water partition coefficient (Wildman–Crippen LogP) is 3.46. The van der Waals surface area contributed by atoms with Crippen molar-refractivity contribution in [3.05, 3.63) is 81.6 Å². The van der Waals surface area contributed by atoms with E-state index in [2.05, 4.69) is 15.6 Å². The molecule has 1 fully saturated rings. The molecule has 1 aromatic carbocycles. The Morgan fingerprint density at radius 1 is 1.25 bits per heavy atom. The van der Waals surface area contributed by atoms with Crippen molar-refractivity contribution in [3.63, 3.8) is 0 Å². The van der Waals surface area contributed by atoms with Crippen LogP contribution in [-0.2, 0) is 4.74 Å². The van der Waals surface area contributed by atoms with Crippen LogP contribution in [0.3, 0.4) is 0 Å². The SMILES string of the molecule is COC1CC(CNc2ccc(-n3c(C(=O)O)cccc3=O)cc2F)N(C(=O)Nc2ccc(Cl)cn2)C1. The van der Waals surface area contributed by atoms with Crippen LogP contribution >= 0.6 is 11.6 Å². The number of likely N-dealkylation sites (tertiary alicyclic amines) is 1. The van der Waals surface area contributed by atoms with Crippen molar-refractivity contribution < 1.29 is 23.8 Å². The van der Waals surface area contributed by atoms with Gasteiger partial charge < -0.3 is 20.1 Å². The number of benzene rings is 1. The average Bonchev–Trinajstić information content (AvgIpc) is 3.28. The maximum atomic E-state index is 14.9. The molecule has 3 N–H and O–H groups in total. The molecule has 2 aromatic heterocycles. The summed E-state index contributed by atoms with van der Waals surface area (Å²) in [6.07, 6.45) is 1.77. The van der Waals surface area contributed by atoms with Crippen molar-refractivity contribution in [1.29, 1.82) is 0 Å². The third kappa shape index (κ3) is 5.47. The van der Waals surface area contributed by atoms with Gasteiger partial charge in [-0.1, -0.05) is 17.7 Å². The number of methoxy groups -OCH3 is 1. The van der Waals surface area contributed by atoms with E-state index in [-0.39, 0.29) is 41.8 Å². The van der Waals surface area contributed by atoms with Crippen LogP contribution in [0.25, 0.3) is 5.69 Å². The Bertz CT molecular complexity index is 1330. The molecular formula is C24H23ClFN5O5. The quantitative estimate of drug-likeness (QED) is 0.440. The van der Waals surface area contributed by atoms with E-state index in [0.29, 0.717) is 23.8 Å². The van der Waals surface area contributed by atoms with E-state index >= 15 is 0 Å². The molecule has 188 valence electrons. The molecular weight excluding hydrogens is 493 g/mol. The van der Waals surface area contributed by atoms with Crippen LogP contribution in [0.4, 0.5) is 20.7 Å². The topological polar surface area (TPSA) is 126 Å². The van der Waals surface area contributed by atoms with E-state index in [9.17, 15) is 23.9 Å². The predicted molar refractivity (Wildman–Crippen MR) is 132 cm³/mol. The lowest BCUT2D eigenvalue weighted by Gasteiger charge is -2.25. The number of aromatic nitrogens is 2. The first-order chi connectivity index (χ1) is 17.3. The van der Waals surface area contributed by atoms with Crippen LogP contribution in [-0.4, -0.2) is 63.9 Å². The molecule has 2 amide bonds. The molecule has 1 aliphatic heterocycles. The van der Waals surface area contributed by atoms with Gasteiger partial charge in [0.2, 0.25) is 0 Å². The Morgan fingerprint density at radius 2 is 2.06 bits per heavy atom. The number of nitrogens with one attached hydrogen (secondary N) is 2. The van der Waals surface area contributed by atoms with Gasteiger partial charge in [0.25, 0.3) is 5.56 Å². The molecule has 2 unspecified atom stereocenters. The number of rotatable bonds is 7. The van der Waals surface area contributed by atoms with Crippen LogP contribution in [0, 0.1) is 5.82 Å². The largest absolute Gasteiger partial charge is 0.477 e. The third-order valence-electron chi connectivity index (χ3n) is 5.84. The van der Waals surface area contributed by atoms with Gasteiger partial charge in [-0.2, -0.15) is 0 Å². The molecule has 4 rings (SSSR count). The summed E-state index contributed by atoms with van der Waals surface area (Å²) >= 11 is 5.84. The van der Waals surface area contributed by atoms with Crippen LogP contribution in [0.15, 0.2) is 59.5 Å². The fourth-order valence-electron chi connectivity index (χ4n) is 4.05. The number of nitrogens with zero attached hydrogens (tertiary/aromatic N) is 3. The normalized spacial score (nSPS) is 17.1. The van der Waals surface area contributed by atoms with E-state index in [0.717, 1.165) is 10.6 Å². The number of carbonyl (C=O) groups excluding carboxylic acids is 1. The van der Waals surface area contributed by atoms with Crippen LogP contribution < -0.4 is 16.2 Å². The summed E-state index contributed by atoms with van der Waals surface area (Å²) in [5.74, 6) is -1.64. The molecule has 36 heavy (non-hydrogen) atoms. The van der Waals surface area contributed by atoms with Gasteiger partial charge in [-0.25, -0.2) is 19.0 Å². The minimum atomic E-state index is -1.31. The van der Waals surface area contributed by atoms with Gasteiger partial charge in [-0.05, 0) is 36.8 Å². The van der Waals surface area contributed by atoms with Crippen LogP contribution in [0.2, 0.25) is 5.02 Å². The van der Waals surface area contributed by atoms with Crippen molar-refractivity contribution >= 4 is 35.1 Å². The van der Waals surface area contributed by atoms with Gasteiger partial charge >= 0.3 is 12.0 Å². The monoisotopic (exact) mass is 515 g/mol. The van der Waals surface area contributed by atoms with Gasteiger partial charge in [0, 0.05) is 38.5 Å². The molecule has 0 aliphatic carbocycles. The molecule has 10 nitrogen and oxygen atoms in total. The molecule has 3 heterocycles. The number of amides is 2. The number of pyridine rings is 2. The summed E-state index contributed by atoms with van der Waals surface area (Å²) in [5, 5.41) is 15.5. The fourth-order valence-corrected chi connectivity index (χ4v) is 4.17. The highest BCUT2D eigenvalue weighted by molar-refractivity contribution is 6.30. The number of halogens is 2.